The fraction of sp³-hybridized carbons (Fsp3) is 0.600. The molecule has 1 N–H and O–H groups in total. The quantitative estimate of drug-likeness (QED) is 0.833. The van der Waals surface area contributed by atoms with Crippen molar-refractivity contribution in [3.05, 3.63) is 35.9 Å². The standard InChI is InChI=1S/C15H23NO2S/c1-13(14-6-4-3-5-7-14)10-16-11-15(8-9-15)12-19(2,17)18/h3-7,13,16H,8-12H2,1-2H3/t13-/m1/s1. The normalized spacial score (nSPS) is 19.1. The number of nitrogens with one attached hydrogen (secondary N) is 1. The molecule has 1 aromatic carbocycles. The van der Waals surface area contributed by atoms with Crippen LogP contribution in [0.25, 0.3) is 0 Å². The van der Waals surface area contributed by atoms with Crippen molar-refractivity contribution in [2.75, 3.05) is 25.1 Å². The lowest BCUT2D eigenvalue weighted by molar-refractivity contribution is 0.480. The van der Waals surface area contributed by atoms with Gasteiger partial charge in [-0.3, -0.25) is 0 Å². The van der Waals surface area contributed by atoms with Crippen molar-refractivity contribution < 1.29 is 8.42 Å². The molecule has 1 aliphatic carbocycles. The highest BCUT2D eigenvalue weighted by molar-refractivity contribution is 7.90. The number of benzene rings is 1. The van der Waals surface area contributed by atoms with E-state index in [4.69, 9.17) is 0 Å². The molecular formula is C15H23NO2S. The summed E-state index contributed by atoms with van der Waals surface area (Å²) in [4.78, 5) is 0. The van der Waals surface area contributed by atoms with Gasteiger partial charge in [-0.25, -0.2) is 8.42 Å². The van der Waals surface area contributed by atoms with Gasteiger partial charge < -0.3 is 5.32 Å². The maximum atomic E-state index is 11.4. The monoisotopic (exact) mass is 281 g/mol. The molecule has 0 unspecified atom stereocenters. The third kappa shape index (κ3) is 4.62. The number of hydrogen-bond acceptors (Lipinski definition) is 3. The van der Waals surface area contributed by atoms with Crippen LogP contribution in [0.4, 0.5) is 0 Å². The summed E-state index contributed by atoms with van der Waals surface area (Å²) in [6, 6.07) is 10.4. The Hall–Kier alpha value is -0.870. The number of hydrogen-bond donors (Lipinski definition) is 1. The molecule has 1 fully saturated rings. The second kappa shape index (κ2) is 5.63. The van der Waals surface area contributed by atoms with Gasteiger partial charge in [0.25, 0.3) is 0 Å². The molecular weight excluding hydrogens is 258 g/mol. The zero-order chi connectivity index (χ0) is 13.9. The Bertz CT molecular complexity index is 506. The van der Waals surface area contributed by atoms with Crippen molar-refractivity contribution >= 4 is 9.84 Å². The molecule has 0 aliphatic heterocycles. The van der Waals surface area contributed by atoms with Gasteiger partial charge in [-0.2, -0.15) is 0 Å². The SMILES string of the molecule is C[C@H](CNCC1(CS(C)(=O)=O)CC1)c1ccccc1. The van der Waals surface area contributed by atoms with Gasteiger partial charge in [0.15, 0.2) is 0 Å². The van der Waals surface area contributed by atoms with E-state index < -0.39 is 9.84 Å². The Morgan fingerprint density at radius 2 is 1.89 bits per heavy atom. The molecule has 1 aromatic rings. The maximum Gasteiger partial charge on any atom is 0.148 e. The van der Waals surface area contributed by atoms with Gasteiger partial charge in [0, 0.05) is 19.3 Å². The summed E-state index contributed by atoms with van der Waals surface area (Å²) in [6.45, 7) is 3.91. The molecule has 1 aliphatic rings. The summed E-state index contributed by atoms with van der Waals surface area (Å²) < 4.78 is 22.8. The first-order valence-corrected chi connectivity index (χ1v) is 8.90. The minimum Gasteiger partial charge on any atom is -0.316 e. The topological polar surface area (TPSA) is 46.2 Å². The van der Waals surface area contributed by atoms with Crippen molar-refractivity contribution in [2.24, 2.45) is 5.41 Å². The molecule has 1 saturated carbocycles. The van der Waals surface area contributed by atoms with Crippen LogP contribution in [-0.2, 0) is 9.84 Å². The van der Waals surface area contributed by atoms with E-state index in [1.165, 1.54) is 11.8 Å². The predicted octanol–water partition coefficient (Wildman–Crippen LogP) is 2.20. The fourth-order valence-corrected chi connectivity index (χ4v) is 4.06. The van der Waals surface area contributed by atoms with Crippen LogP contribution in [0.3, 0.4) is 0 Å². The first-order chi connectivity index (χ1) is 8.90. The smallest absolute Gasteiger partial charge is 0.148 e. The molecule has 19 heavy (non-hydrogen) atoms. The summed E-state index contributed by atoms with van der Waals surface area (Å²) in [7, 11) is -2.86. The second-order valence-corrected chi connectivity index (χ2v) is 8.15. The Kier molecular flexibility index (Phi) is 4.31. The van der Waals surface area contributed by atoms with Crippen molar-refractivity contribution in [3.63, 3.8) is 0 Å². The summed E-state index contributed by atoms with van der Waals surface area (Å²) in [5.74, 6) is 0.780. The zero-order valence-corrected chi connectivity index (χ0v) is 12.5. The second-order valence-electron chi connectivity index (χ2n) is 6.01. The Balaban J connectivity index is 1.78. The summed E-state index contributed by atoms with van der Waals surface area (Å²) in [5.41, 5.74) is 1.34. The lowest BCUT2D eigenvalue weighted by Gasteiger charge is -2.18. The summed E-state index contributed by atoms with van der Waals surface area (Å²) in [5, 5.41) is 3.44. The van der Waals surface area contributed by atoms with Gasteiger partial charge in [0.1, 0.15) is 9.84 Å². The number of sulfone groups is 1. The summed E-state index contributed by atoms with van der Waals surface area (Å²) in [6.07, 6.45) is 3.40. The predicted molar refractivity (Wildman–Crippen MR) is 79.1 cm³/mol. The first kappa shape index (κ1) is 14.5. The molecule has 4 heteroatoms. The third-order valence-corrected chi connectivity index (χ3v) is 4.98. The molecule has 1 atom stereocenters. The van der Waals surface area contributed by atoms with Crippen LogP contribution in [0, 0.1) is 5.41 Å². The Morgan fingerprint density at radius 1 is 1.26 bits per heavy atom. The van der Waals surface area contributed by atoms with Crippen LogP contribution in [0.1, 0.15) is 31.2 Å². The van der Waals surface area contributed by atoms with Crippen LogP contribution >= 0.6 is 0 Å². The lowest BCUT2D eigenvalue weighted by Crippen LogP contribution is -2.31. The van der Waals surface area contributed by atoms with E-state index >= 15 is 0 Å². The van der Waals surface area contributed by atoms with E-state index in [9.17, 15) is 8.42 Å². The Morgan fingerprint density at radius 3 is 2.42 bits per heavy atom. The van der Waals surface area contributed by atoms with E-state index in [1.807, 2.05) is 6.07 Å². The first-order valence-electron chi connectivity index (χ1n) is 6.84. The van der Waals surface area contributed by atoms with E-state index in [0.717, 1.165) is 25.9 Å². The van der Waals surface area contributed by atoms with Gasteiger partial charge in [-0.1, -0.05) is 37.3 Å². The highest BCUT2D eigenvalue weighted by Crippen LogP contribution is 2.46. The minimum atomic E-state index is -2.86. The van der Waals surface area contributed by atoms with E-state index in [0.29, 0.717) is 11.7 Å². The van der Waals surface area contributed by atoms with Crippen LogP contribution in [-0.4, -0.2) is 33.5 Å². The van der Waals surface area contributed by atoms with E-state index in [2.05, 4.69) is 36.5 Å². The van der Waals surface area contributed by atoms with Gasteiger partial charge in [-0.15, -0.1) is 0 Å². The largest absolute Gasteiger partial charge is 0.316 e. The van der Waals surface area contributed by atoms with Crippen LogP contribution < -0.4 is 5.32 Å². The third-order valence-electron chi connectivity index (χ3n) is 3.84. The van der Waals surface area contributed by atoms with Crippen LogP contribution in [0.5, 0.6) is 0 Å². The molecule has 2 rings (SSSR count). The molecule has 106 valence electrons. The van der Waals surface area contributed by atoms with Gasteiger partial charge in [0.05, 0.1) is 5.75 Å². The van der Waals surface area contributed by atoms with E-state index in [1.54, 1.807) is 0 Å². The van der Waals surface area contributed by atoms with Crippen LogP contribution in [0.15, 0.2) is 30.3 Å². The fourth-order valence-electron chi connectivity index (χ4n) is 2.56. The molecule has 0 bridgehead atoms. The van der Waals surface area contributed by atoms with Crippen LogP contribution in [0.2, 0.25) is 0 Å². The number of rotatable bonds is 7. The van der Waals surface area contributed by atoms with Gasteiger partial charge >= 0.3 is 0 Å². The average Bonchev–Trinajstić information content (AvgIpc) is 3.07. The van der Waals surface area contributed by atoms with Crippen molar-refractivity contribution in [1.82, 2.24) is 5.32 Å². The zero-order valence-electron chi connectivity index (χ0n) is 11.7. The van der Waals surface area contributed by atoms with Crippen molar-refractivity contribution in [1.29, 1.82) is 0 Å². The minimum absolute atomic E-state index is 0.0178. The highest BCUT2D eigenvalue weighted by atomic mass is 32.2. The molecule has 0 spiro atoms. The van der Waals surface area contributed by atoms with Crippen molar-refractivity contribution in [3.8, 4) is 0 Å². The molecule has 0 amide bonds. The molecule has 3 nitrogen and oxygen atoms in total. The van der Waals surface area contributed by atoms with Gasteiger partial charge in [-0.05, 0) is 29.7 Å². The van der Waals surface area contributed by atoms with Gasteiger partial charge in [0.2, 0.25) is 0 Å². The lowest BCUT2D eigenvalue weighted by atomic mass is 10.0. The maximum absolute atomic E-state index is 11.4. The molecule has 0 heterocycles. The Labute approximate surface area is 116 Å². The molecule has 0 radical (unpaired) electrons. The molecule has 0 aromatic heterocycles. The average molecular weight is 281 g/mol. The van der Waals surface area contributed by atoms with Crippen molar-refractivity contribution in [2.45, 2.75) is 25.7 Å². The summed E-state index contributed by atoms with van der Waals surface area (Å²) >= 11 is 0. The molecule has 0 saturated heterocycles. The van der Waals surface area contributed by atoms with E-state index in [-0.39, 0.29) is 5.41 Å². The highest BCUT2D eigenvalue weighted by Gasteiger charge is 2.44.